The minimum absolute atomic E-state index is 0.0855. The Morgan fingerprint density at radius 1 is 0.905 bits per heavy atom. The van der Waals surface area contributed by atoms with E-state index in [1.54, 1.807) is 5.57 Å². The average Bonchev–Trinajstić information content (AvgIpc) is 3.37. The summed E-state index contributed by atoms with van der Waals surface area (Å²) in [7, 11) is 0. The second-order valence-electron chi connectivity index (χ2n) is 13.4. The van der Waals surface area contributed by atoms with Crippen LogP contribution in [0.15, 0.2) is 12.2 Å². The fourth-order valence-corrected chi connectivity index (χ4v) is 93.1. The standard InChI is InChI=1S/C14H22N.C5H5.Fe/c1-10(2)14(15,11(3)4)12(5)13-8-6-7-9-13;1-2-4-5-3-1;/h6-11H,5,15H2,1-4H3;1-5H;. The van der Waals surface area contributed by atoms with Crippen molar-refractivity contribution < 1.29 is 6.51 Å². The first-order valence-electron chi connectivity index (χ1n) is 9.29. The molecular formula is C19H27FeN. The number of hydrogen-bond donors (Lipinski definition) is 1. The van der Waals surface area contributed by atoms with Crippen LogP contribution >= 0.6 is 0 Å². The summed E-state index contributed by atoms with van der Waals surface area (Å²) in [5, 5.41) is 0. The summed E-state index contributed by atoms with van der Waals surface area (Å²) in [5.41, 5.74) is 8.71. The van der Waals surface area contributed by atoms with E-state index in [9.17, 15) is 0 Å². The van der Waals surface area contributed by atoms with Crippen LogP contribution in [-0.4, -0.2) is 5.54 Å². The quantitative estimate of drug-likeness (QED) is 0.550. The third-order valence-electron chi connectivity index (χ3n) is 17.6. The number of fused-ring (bicyclic) bond motifs is 10. The van der Waals surface area contributed by atoms with Gasteiger partial charge in [0.15, 0.2) is 0 Å². The zero-order valence-electron chi connectivity index (χ0n) is 13.5. The summed E-state index contributed by atoms with van der Waals surface area (Å²) < 4.78 is 0.780. The maximum atomic E-state index is 7.15. The van der Waals surface area contributed by atoms with Crippen LogP contribution in [0.2, 0.25) is 47.7 Å². The van der Waals surface area contributed by atoms with E-state index in [1.807, 2.05) is 0 Å². The molecule has 1 nitrogen and oxygen atoms in total. The molecule has 116 valence electrons. The number of rotatable bonds is 4. The first-order valence-corrected chi connectivity index (χ1v) is 15.6. The maximum absolute atomic E-state index is 7.15. The van der Waals surface area contributed by atoms with Gasteiger partial charge in [0.05, 0.1) is 0 Å². The monoisotopic (exact) mass is 325 g/mol. The van der Waals surface area contributed by atoms with Crippen LogP contribution in [0.5, 0.6) is 0 Å². The zero-order chi connectivity index (χ0) is 14.2. The SMILES string of the molecule is C=C(C(N)(C(C)C)C(C)C)[C]12[CH]3[CH]4[CH]5[CH]1[Fe]45321678[CH]2[CH]1[CH]6[CH]7[CH]28. The van der Waals surface area contributed by atoms with Gasteiger partial charge in [0.2, 0.25) is 0 Å². The van der Waals surface area contributed by atoms with Gasteiger partial charge in [-0.05, 0) is 0 Å². The van der Waals surface area contributed by atoms with Gasteiger partial charge in [-0.2, -0.15) is 0 Å². The second-order valence-corrected chi connectivity index (χ2v) is 37.0. The summed E-state index contributed by atoms with van der Waals surface area (Å²) in [6.07, 6.45) is 0. The molecule has 2 N–H and O–H groups in total. The third kappa shape index (κ3) is 0.119. The van der Waals surface area contributed by atoms with Crippen molar-refractivity contribution in [2.24, 2.45) is 17.6 Å². The molecule has 2 heteroatoms. The van der Waals surface area contributed by atoms with E-state index >= 15 is 0 Å². The van der Waals surface area contributed by atoms with Gasteiger partial charge in [-0.3, -0.25) is 0 Å². The Hall–Kier alpha value is 0.219. The van der Waals surface area contributed by atoms with E-state index in [1.165, 1.54) is 43.3 Å². The van der Waals surface area contributed by atoms with Crippen molar-refractivity contribution in [1.82, 2.24) is 0 Å². The van der Waals surface area contributed by atoms with Gasteiger partial charge in [-0.25, -0.2) is 0 Å². The van der Waals surface area contributed by atoms with Crippen molar-refractivity contribution in [3.63, 3.8) is 0 Å². The van der Waals surface area contributed by atoms with Crippen LogP contribution in [0.4, 0.5) is 0 Å². The molecule has 0 aromatic carbocycles. The molecule has 4 atom stereocenters. The Bertz CT molecular complexity index is 1020. The van der Waals surface area contributed by atoms with Crippen LogP contribution in [0.25, 0.3) is 0 Å². The van der Waals surface area contributed by atoms with Crippen molar-refractivity contribution >= 4 is 0 Å². The first-order chi connectivity index (χ1) is 9.59. The number of nitrogens with two attached hydrogens (primary N) is 1. The van der Waals surface area contributed by atoms with Gasteiger partial charge in [0.1, 0.15) is 0 Å². The molecule has 0 radical (unpaired) electrons. The molecule has 0 aromatic heterocycles. The predicted molar refractivity (Wildman–Crippen MR) is 82.2 cm³/mol. The Kier molecular flexibility index (Phi) is 0.389. The summed E-state index contributed by atoms with van der Waals surface area (Å²) in [6.45, 7) is 11.2. The van der Waals surface area contributed by atoms with Gasteiger partial charge < -0.3 is 0 Å². The summed E-state index contributed by atoms with van der Waals surface area (Å²) in [6, 6.07) is 0. The van der Waals surface area contributed by atoms with Crippen LogP contribution in [0.1, 0.15) is 27.7 Å². The second kappa shape index (κ2) is 0.859. The van der Waals surface area contributed by atoms with E-state index in [0.717, 1.165) is 4.31 Å². The molecule has 21 heavy (non-hydrogen) atoms. The molecule has 10 fully saturated rings. The number of hydrogen-bond acceptors (Lipinski definition) is 1. The molecule has 0 saturated carbocycles. The Labute approximate surface area is 117 Å². The van der Waals surface area contributed by atoms with Gasteiger partial charge in [-0.1, -0.05) is 0 Å². The van der Waals surface area contributed by atoms with Crippen molar-refractivity contribution in [2.45, 2.75) is 80.9 Å². The van der Waals surface area contributed by atoms with E-state index in [0.29, 0.717) is 11.8 Å². The molecule has 0 amide bonds. The Balaban J connectivity index is 1.38. The molecule has 10 saturated heterocycles. The van der Waals surface area contributed by atoms with E-state index in [-0.39, 0.29) is 5.54 Å². The summed E-state index contributed by atoms with van der Waals surface area (Å²) in [5.74, 6) is 1.09. The van der Waals surface area contributed by atoms with Crippen LogP contribution < -0.4 is 5.73 Å². The normalized spacial score (nSPS) is 100. The minimum atomic E-state index is -3.06. The van der Waals surface area contributed by atoms with E-state index in [2.05, 4.69) is 27.7 Å². The predicted octanol–water partition coefficient (Wildman–Crippen LogP) is 5.31. The summed E-state index contributed by atoms with van der Waals surface area (Å²) in [4.78, 5) is 12.3. The van der Waals surface area contributed by atoms with E-state index < -0.39 is 6.51 Å². The molecule has 10 rings (SSSR count). The summed E-state index contributed by atoms with van der Waals surface area (Å²) >= 11 is 0. The molecule has 10 aliphatic heterocycles. The topological polar surface area (TPSA) is 26.0 Å². The fraction of sp³-hybridized carbons (Fsp3) is 0.895. The van der Waals surface area contributed by atoms with Crippen molar-refractivity contribution in [3.8, 4) is 0 Å². The molecular weight excluding hydrogens is 298 g/mol. The molecule has 0 aromatic rings. The van der Waals surface area contributed by atoms with Crippen LogP contribution in [0.3, 0.4) is 0 Å². The molecule has 4 unspecified atom stereocenters. The van der Waals surface area contributed by atoms with Gasteiger partial charge in [-0.15, -0.1) is 0 Å². The Morgan fingerprint density at radius 2 is 1.29 bits per heavy atom. The van der Waals surface area contributed by atoms with E-state index in [4.69, 9.17) is 12.3 Å². The van der Waals surface area contributed by atoms with Crippen molar-refractivity contribution in [2.75, 3.05) is 0 Å². The van der Waals surface area contributed by atoms with Gasteiger partial charge in [0, 0.05) is 0 Å². The molecule has 0 bridgehead atoms. The Morgan fingerprint density at radius 3 is 1.48 bits per heavy atom. The van der Waals surface area contributed by atoms with Crippen molar-refractivity contribution in [1.29, 1.82) is 0 Å². The molecule has 10 heterocycles. The van der Waals surface area contributed by atoms with Gasteiger partial charge >= 0.3 is 117 Å². The molecule has 1 spiro atoms. The van der Waals surface area contributed by atoms with Crippen molar-refractivity contribution in [3.05, 3.63) is 12.2 Å². The zero-order valence-corrected chi connectivity index (χ0v) is 14.6. The molecule has 0 aliphatic carbocycles. The molecule has 10 aliphatic rings. The first kappa shape index (κ1) is 9.50. The van der Waals surface area contributed by atoms with Crippen LogP contribution in [-0.2, 0) is 6.51 Å². The van der Waals surface area contributed by atoms with Gasteiger partial charge in [0.25, 0.3) is 0 Å². The van der Waals surface area contributed by atoms with Crippen LogP contribution in [0, 0.1) is 11.8 Å². The average molecular weight is 325 g/mol. The fourth-order valence-electron chi connectivity index (χ4n) is 18.7. The third-order valence-corrected chi connectivity index (χ3v) is 60.0.